The summed E-state index contributed by atoms with van der Waals surface area (Å²) in [6.07, 6.45) is 2.33. The quantitative estimate of drug-likeness (QED) is 0.0526. The van der Waals surface area contributed by atoms with Crippen LogP contribution in [0.5, 0.6) is 11.5 Å². The lowest BCUT2D eigenvalue weighted by Gasteiger charge is -2.40. The fourth-order valence-electron chi connectivity index (χ4n) is 9.23. The van der Waals surface area contributed by atoms with Crippen LogP contribution in [0.15, 0.2) is 102 Å². The van der Waals surface area contributed by atoms with Crippen molar-refractivity contribution in [1.29, 1.82) is 0 Å². The zero-order chi connectivity index (χ0) is 45.9. The van der Waals surface area contributed by atoms with E-state index in [4.69, 9.17) is 4.74 Å². The normalized spacial score (nSPS) is 17.4. The average Bonchev–Trinajstić information content (AvgIpc) is 3.99. The van der Waals surface area contributed by atoms with Gasteiger partial charge >= 0.3 is 11.9 Å². The standard InChI is InChI=1S/C48H54F3N7O6S/c1-47(2)19-17-35(38(31-47)34-13-8-14-36(29-34)48(49,50)51)32-56-25-27-57(28-26-56)40-30-42(65(62,63)54-46(59)33-11-4-3-5-12-33)45(64-41-16-9-15-39-37(41)18-21-52-39)44(58(60)61)43(40)53-20-10-24-55-22-6-7-23-55/h3-5,8-9,11-16,18,21,29-30,52-53H,6-7,10,17,19-20,22-28,31-32H2,1-2H3,(H,54,59). The number of carbonyl (C=O) groups is 1. The summed E-state index contributed by atoms with van der Waals surface area (Å²) in [7, 11) is -4.84. The van der Waals surface area contributed by atoms with Crippen LogP contribution in [0.4, 0.5) is 30.2 Å². The van der Waals surface area contributed by atoms with E-state index >= 15 is 0 Å². The molecule has 8 rings (SSSR count). The second-order valence-corrected chi connectivity index (χ2v) is 19.5. The Balaban J connectivity index is 1.17. The Hall–Kier alpha value is -5.91. The van der Waals surface area contributed by atoms with Gasteiger partial charge in [-0.3, -0.25) is 19.8 Å². The van der Waals surface area contributed by atoms with Crippen molar-refractivity contribution in [1.82, 2.24) is 19.5 Å². The molecule has 1 amide bonds. The number of hydrogen-bond acceptors (Lipinski definition) is 10. The third-order valence-corrected chi connectivity index (χ3v) is 14.0. The first kappa shape index (κ1) is 45.7. The van der Waals surface area contributed by atoms with Crippen molar-refractivity contribution in [3.63, 3.8) is 0 Å². The highest BCUT2D eigenvalue weighted by molar-refractivity contribution is 7.90. The fraction of sp³-hybridized carbons (Fsp3) is 0.396. The Morgan fingerprint density at radius 1 is 0.923 bits per heavy atom. The molecule has 344 valence electrons. The SMILES string of the molecule is CC1(C)CCC(CN2CCN(c3cc(S(=O)(=O)NC(=O)c4ccccc4)c(Oc4cccc5[nH]ccc45)c([N+](=O)[O-])c3NCCCN3CCCC3)CC2)=C(c2cccc(C(F)(F)F)c2)C1. The predicted molar refractivity (Wildman–Crippen MR) is 246 cm³/mol. The Bertz CT molecular complexity index is 2690. The number of nitrogens with zero attached hydrogens (tertiary/aromatic N) is 4. The molecule has 0 radical (unpaired) electrons. The van der Waals surface area contributed by atoms with Gasteiger partial charge in [-0.1, -0.05) is 55.8 Å². The van der Waals surface area contributed by atoms with Gasteiger partial charge in [0.05, 0.1) is 16.2 Å². The molecule has 1 aromatic heterocycles. The minimum atomic E-state index is -4.84. The molecule has 3 N–H and O–H groups in total. The number of nitrogens with one attached hydrogen (secondary N) is 3. The van der Waals surface area contributed by atoms with E-state index in [1.54, 1.807) is 54.7 Å². The minimum absolute atomic E-state index is 0.0747. The maximum absolute atomic E-state index is 14.6. The molecule has 0 atom stereocenters. The van der Waals surface area contributed by atoms with Gasteiger partial charge in [0.1, 0.15) is 16.3 Å². The first-order valence-corrected chi connectivity index (χ1v) is 23.6. The van der Waals surface area contributed by atoms with E-state index in [0.717, 1.165) is 62.5 Å². The predicted octanol–water partition coefficient (Wildman–Crippen LogP) is 9.69. The summed E-state index contributed by atoms with van der Waals surface area (Å²) in [5, 5.41) is 17.4. The van der Waals surface area contributed by atoms with Gasteiger partial charge in [0.2, 0.25) is 5.75 Å². The van der Waals surface area contributed by atoms with Gasteiger partial charge in [-0.2, -0.15) is 13.2 Å². The third kappa shape index (κ3) is 10.5. The van der Waals surface area contributed by atoms with Crippen molar-refractivity contribution in [2.45, 2.75) is 63.4 Å². The number of nitro benzene ring substituents is 1. The van der Waals surface area contributed by atoms with Crippen LogP contribution < -0.4 is 19.7 Å². The molecule has 4 aromatic carbocycles. The van der Waals surface area contributed by atoms with Gasteiger partial charge in [0, 0.05) is 61.9 Å². The summed E-state index contributed by atoms with van der Waals surface area (Å²) in [6, 6.07) is 21.5. The number of nitro groups is 1. The molecule has 3 aliphatic rings. The fourth-order valence-corrected chi connectivity index (χ4v) is 10.3. The number of ether oxygens (including phenoxy) is 1. The van der Waals surface area contributed by atoms with Crippen LogP contribution in [-0.2, 0) is 16.2 Å². The largest absolute Gasteiger partial charge is 0.448 e. The Labute approximate surface area is 376 Å². The number of allylic oxidation sites excluding steroid dienone is 1. The van der Waals surface area contributed by atoms with Crippen molar-refractivity contribution < 1.29 is 36.0 Å². The van der Waals surface area contributed by atoms with E-state index in [1.807, 2.05) is 4.90 Å². The lowest BCUT2D eigenvalue weighted by molar-refractivity contribution is -0.384. The summed E-state index contributed by atoms with van der Waals surface area (Å²) >= 11 is 0. The molecule has 5 aromatic rings. The number of hydrogen-bond donors (Lipinski definition) is 3. The number of amides is 1. The van der Waals surface area contributed by atoms with E-state index in [9.17, 15) is 36.5 Å². The Morgan fingerprint density at radius 2 is 1.66 bits per heavy atom. The first-order valence-electron chi connectivity index (χ1n) is 22.1. The summed E-state index contributed by atoms with van der Waals surface area (Å²) < 4.78 is 79.1. The molecule has 2 aliphatic heterocycles. The van der Waals surface area contributed by atoms with E-state index in [1.165, 1.54) is 30.3 Å². The number of carbonyl (C=O) groups excluding carboxylic acids is 1. The highest BCUT2D eigenvalue weighted by atomic mass is 32.2. The maximum atomic E-state index is 14.6. The Morgan fingerprint density at radius 3 is 2.38 bits per heavy atom. The molecule has 65 heavy (non-hydrogen) atoms. The molecular formula is C48H54F3N7O6S. The van der Waals surface area contributed by atoms with Crippen LogP contribution in [0, 0.1) is 15.5 Å². The lowest BCUT2D eigenvalue weighted by atomic mass is 9.72. The highest BCUT2D eigenvalue weighted by Crippen LogP contribution is 2.50. The number of fused-ring (bicyclic) bond motifs is 1. The van der Waals surface area contributed by atoms with Crippen molar-refractivity contribution >= 4 is 49.5 Å². The van der Waals surface area contributed by atoms with Crippen molar-refractivity contribution in [2.75, 3.05) is 69.1 Å². The second kappa shape index (κ2) is 18.9. The summed E-state index contributed by atoms with van der Waals surface area (Å²) in [5.41, 5.74) is 2.29. The number of H-pyrrole nitrogens is 1. The molecule has 1 aliphatic carbocycles. The van der Waals surface area contributed by atoms with Crippen LogP contribution in [0.3, 0.4) is 0 Å². The average molecular weight is 914 g/mol. The number of likely N-dealkylation sites (tertiary alicyclic amines) is 1. The highest BCUT2D eigenvalue weighted by Gasteiger charge is 2.38. The van der Waals surface area contributed by atoms with Crippen molar-refractivity contribution in [2.24, 2.45) is 5.41 Å². The van der Waals surface area contributed by atoms with Crippen molar-refractivity contribution in [3.05, 3.63) is 124 Å². The van der Waals surface area contributed by atoms with E-state index in [2.05, 4.69) is 38.7 Å². The number of benzene rings is 4. The van der Waals surface area contributed by atoms with Gasteiger partial charge in [-0.25, -0.2) is 13.1 Å². The van der Waals surface area contributed by atoms with Gasteiger partial charge < -0.3 is 24.8 Å². The Kier molecular flexibility index (Phi) is 13.3. The van der Waals surface area contributed by atoms with Crippen molar-refractivity contribution in [3.8, 4) is 11.5 Å². The maximum Gasteiger partial charge on any atom is 0.416 e. The zero-order valence-electron chi connectivity index (χ0n) is 36.5. The van der Waals surface area contributed by atoms with Gasteiger partial charge in [0.25, 0.3) is 15.9 Å². The smallest absolute Gasteiger partial charge is 0.416 e. The molecule has 0 unspecified atom stereocenters. The van der Waals surface area contributed by atoms with E-state index < -0.39 is 48.9 Å². The number of anilines is 2. The first-order chi connectivity index (χ1) is 31.1. The monoisotopic (exact) mass is 913 g/mol. The lowest BCUT2D eigenvalue weighted by Crippen LogP contribution is -2.47. The molecule has 2 saturated heterocycles. The number of halogens is 3. The number of aromatic nitrogens is 1. The molecule has 0 bridgehead atoms. The number of rotatable bonds is 15. The van der Waals surface area contributed by atoms with Crippen LogP contribution in [-0.4, -0.2) is 92.9 Å². The number of alkyl halides is 3. The second-order valence-electron chi connectivity index (χ2n) is 17.9. The molecule has 0 saturated carbocycles. The molecular weight excluding hydrogens is 860 g/mol. The molecule has 17 heteroatoms. The number of aromatic amines is 1. The molecule has 3 heterocycles. The minimum Gasteiger partial charge on any atom is -0.448 e. The summed E-state index contributed by atoms with van der Waals surface area (Å²) in [6.45, 7) is 9.52. The number of piperazine rings is 1. The van der Waals surface area contributed by atoms with Crippen LogP contribution in [0.25, 0.3) is 16.5 Å². The van der Waals surface area contributed by atoms with Gasteiger partial charge in [-0.05, 0) is 123 Å². The third-order valence-electron chi connectivity index (χ3n) is 12.7. The van der Waals surface area contributed by atoms with E-state index in [0.29, 0.717) is 68.6 Å². The molecule has 0 spiro atoms. The van der Waals surface area contributed by atoms with Gasteiger partial charge in [0.15, 0.2) is 0 Å². The molecule has 13 nitrogen and oxygen atoms in total. The topological polar surface area (TPSA) is 153 Å². The van der Waals surface area contributed by atoms with Gasteiger partial charge in [-0.15, -0.1) is 0 Å². The van der Waals surface area contributed by atoms with Crippen LogP contribution in [0.2, 0.25) is 0 Å². The van der Waals surface area contributed by atoms with E-state index in [-0.39, 0.29) is 28.1 Å². The molecule has 2 fully saturated rings. The van der Waals surface area contributed by atoms with Crippen LogP contribution >= 0.6 is 0 Å². The summed E-state index contributed by atoms with van der Waals surface area (Å²) in [5.74, 6) is -1.30. The summed E-state index contributed by atoms with van der Waals surface area (Å²) in [4.78, 5) is 35.3. The number of sulfonamides is 1. The zero-order valence-corrected chi connectivity index (χ0v) is 37.4. The van der Waals surface area contributed by atoms with Crippen LogP contribution in [0.1, 0.15) is 73.9 Å².